The quantitative estimate of drug-likeness (QED) is 0.410. The summed E-state index contributed by atoms with van der Waals surface area (Å²) in [6.45, 7) is 3.36. The fourth-order valence-corrected chi connectivity index (χ4v) is 2.53. The minimum atomic E-state index is -0.735. The number of hydrogen-bond donors (Lipinski definition) is 0. The Bertz CT molecular complexity index is 926. The molecule has 148 valence electrons. The van der Waals surface area contributed by atoms with Crippen LogP contribution in [0.15, 0.2) is 46.7 Å². The Kier molecular flexibility index (Phi) is 7.20. The second-order valence-corrected chi connectivity index (χ2v) is 5.79. The summed E-state index contributed by atoms with van der Waals surface area (Å²) in [5.74, 6) is -2.07. The van der Waals surface area contributed by atoms with Crippen molar-refractivity contribution in [3.63, 3.8) is 0 Å². The molecule has 0 bridgehead atoms. The van der Waals surface area contributed by atoms with Crippen LogP contribution in [0.4, 0.5) is 8.78 Å². The molecular weight excluding hydrogens is 370 g/mol. The molecule has 0 N–H and O–H groups in total. The van der Waals surface area contributed by atoms with Crippen LogP contribution in [-0.2, 0) is 25.8 Å². The van der Waals surface area contributed by atoms with E-state index in [1.165, 1.54) is 20.3 Å². The molecule has 6 nitrogen and oxygen atoms in total. The second kappa shape index (κ2) is 9.59. The molecule has 0 saturated heterocycles. The first-order valence-corrected chi connectivity index (χ1v) is 8.29. The maximum absolute atomic E-state index is 13.8. The van der Waals surface area contributed by atoms with E-state index >= 15 is 0 Å². The van der Waals surface area contributed by atoms with Gasteiger partial charge in [-0.3, -0.25) is 0 Å². The van der Waals surface area contributed by atoms with Gasteiger partial charge in [-0.25, -0.2) is 13.6 Å². The monoisotopic (exact) mass is 390 g/mol. The number of carbonyl (C=O) groups excluding carboxylic acids is 1. The first-order chi connectivity index (χ1) is 13.4. The standard InChI is InChI=1S/C20H20F2N2O4/c1-12-6-5-7-16(19(24-27-4)20(25)26-3)17(12)11-28-23-13(2)15-9-8-14(21)10-18(15)22/h5-10H,11H2,1-4H3/b23-13+,24-19+. The van der Waals surface area contributed by atoms with Gasteiger partial charge in [-0.1, -0.05) is 28.5 Å². The second-order valence-electron chi connectivity index (χ2n) is 5.79. The van der Waals surface area contributed by atoms with E-state index in [0.717, 1.165) is 17.7 Å². The van der Waals surface area contributed by atoms with E-state index in [4.69, 9.17) is 14.4 Å². The number of aryl methyl sites for hydroxylation is 1. The lowest BCUT2D eigenvalue weighted by Gasteiger charge is -2.12. The molecule has 0 aromatic heterocycles. The molecule has 2 aromatic carbocycles. The highest BCUT2D eigenvalue weighted by molar-refractivity contribution is 6.43. The number of oxime groups is 2. The summed E-state index contributed by atoms with van der Waals surface area (Å²) < 4.78 is 31.6. The van der Waals surface area contributed by atoms with Crippen LogP contribution in [0.3, 0.4) is 0 Å². The summed E-state index contributed by atoms with van der Waals surface area (Å²) in [6, 6.07) is 8.46. The zero-order chi connectivity index (χ0) is 20.7. The Balaban J connectivity index is 2.29. The van der Waals surface area contributed by atoms with Crippen LogP contribution in [0.25, 0.3) is 0 Å². The van der Waals surface area contributed by atoms with Crippen molar-refractivity contribution in [2.24, 2.45) is 10.3 Å². The minimum Gasteiger partial charge on any atom is -0.464 e. The van der Waals surface area contributed by atoms with Crippen molar-refractivity contribution in [1.82, 2.24) is 0 Å². The molecule has 0 atom stereocenters. The third kappa shape index (κ3) is 4.91. The molecule has 0 spiro atoms. The highest BCUT2D eigenvalue weighted by Crippen LogP contribution is 2.18. The van der Waals surface area contributed by atoms with Gasteiger partial charge in [0.1, 0.15) is 25.4 Å². The average Bonchev–Trinajstić information content (AvgIpc) is 2.66. The fraction of sp³-hybridized carbons (Fsp3) is 0.250. The lowest BCUT2D eigenvalue weighted by Crippen LogP contribution is -2.20. The van der Waals surface area contributed by atoms with Crippen molar-refractivity contribution < 1.29 is 28.0 Å². The Morgan fingerprint density at radius 3 is 2.46 bits per heavy atom. The smallest absolute Gasteiger partial charge is 0.360 e. The van der Waals surface area contributed by atoms with Gasteiger partial charge in [-0.15, -0.1) is 0 Å². The molecule has 0 aliphatic heterocycles. The Morgan fingerprint density at radius 2 is 1.82 bits per heavy atom. The van der Waals surface area contributed by atoms with Crippen LogP contribution in [0.2, 0.25) is 0 Å². The molecular formula is C20H20F2N2O4. The minimum absolute atomic E-state index is 0.0120. The van der Waals surface area contributed by atoms with E-state index in [9.17, 15) is 13.6 Å². The molecule has 0 unspecified atom stereocenters. The van der Waals surface area contributed by atoms with Gasteiger partial charge in [0.05, 0.1) is 12.8 Å². The van der Waals surface area contributed by atoms with Crippen molar-refractivity contribution in [1.29, 1.82) is 0 Å². The number of methoxy groups -OCH3 is 1. The number of nitrogens with zero attached hydrogens (tertiary/aromatic N) is 2. The van der Waals surface area contributed by atoms with Crippen LogP contribution in [-0.4, -0.2) is 31.6 Å². The van der Waals surface area contributed by atoms with E-state index in [-0.39, 0.29) is 23.6 Å². The van der Waals surface area contributed by atoms with E-state index in [0.29, 0.717) is 11.1 Å². The van der Waals surface area contributed by atoms with Crippen molar-refractivity contribution in [2.45, 2.75) is 20.5 Å². The first kappa shape index (κ1) is 21.0. The topological polar surface area (TPSA) is 69.5 Å². The summed E-state index contributed by atoms with van der Waals surface area (Å²) in [5.41, 5.74) is 2.28. The maximum atomic E-state index is 13.8. The first-order valence-electron chi connectivity index (χ1n) is 8.29. The number of halogens is 2. The molecule has 0 fully saturated rings. The highest BCUT2D eigenvalue weighted by atomic mass is 19.1. The molecule has 0 saturated carbocycles. The van der Waals surface area contributed by atoms with Gasteiger partial charge in [0, 0.05) is 22.8 Å². The van der Waals surface area contributed by atoms with Crippen molar-refractivity contribution in [2.75, 3.05) is 14.2 Å². The van der Waals surface area contributed by atoms with Crippen molar-refractivity contribution >= 4 is 17.4 Å². The molecule has 2 rings (SSSR count). The van der Waals surface area contributed by atoms with E-state index in [2.05, 4.69) is 10.3 Å². The Labute approximate surface area is 161 Å². The normalized spacial score (nSPS) is 11.9. The zero-order valence-electron chi connectivity index (χ0n) is 16.0. The van der Waals surface area contributed by atoms with Gasteiger partial charge in [0.2, 0.25) is 0 Å². The molecule has 0 radical (unpaired) electrons. The third-order valence-corrected chi connectivity index (χ3v) is 3.96. The van der Waals surface area contributed by atoms with Gasteiger partial charge in [-0.05, 0) is 31.5 Å². The Morgan fingerprint density at radius 1 is 1.07 bits per heavy atom. The van der Waals surface area contributed by atoms with Crippen LogP contribution in [0.1, 0.15) is 29.2 Å². The summed E-state index contributed by atoms with van der Waals surface area (Å²) in [5, 5.41) is 7.64. The predicted molar refractivity (Wildman–Crippen MR) is 100 cm³/mol. The van der Waals surface area contributed by atoms with Crippen LogP contribution >= 0.6 is 0 Å². The van der Waals surface area contributed by atoms with Crippen LogP contribution in [0.5, 0.6) is 0 Å². The zero-order valence-corrected chi connectivity index (χ0v) is 16.0. The number of benzene rings is 2. The van der Waals surface area contributed by atoms with Gasteiger partial charge >= 0.3 is 5.97 Å². The van der Waals surface area contributed by atoms with Gasteiger partial charge < -0.3 is 14.4 Å². The number of ether oxygens (including phenoxy) is 1. The van der Waals surface area contributed by atoms with Crippen molar-refractivity contribution in [3.8, 4) is 0 Å². The van der Waals surface area contributed by atoms with Crippen LogP contribution < -0.4 is 0 Å². The molecule has 0 amide bonds. The summed E-state index contributed by atoms with van der Waals surface area (Å²) in [6.07, 6.45) is 0. The van der Waals surface area contributed by atoms with E-state index < -0.39 is 17.6 Å². The largest absolute Gasteiger partial charge is 0.464 e. The van der Waals surface area contributed by atoms with E-state index in [1.807, 2.05) is 13.0 Å². The van der Waals surface area contributed by atoms with Gasteiger partial charge in [0.25, 0.3) is 0 Å². The third-order valence-electron chi connectivity index (χ3n) is 3.96. The number of carbonyl (C=O) groups is 1. The lowest BCUT2D eigenvalue weighted by molar-refractivity contribution is -0.132. The van der Waals surface area contributed by atoms with Gasteiger partial charge in [0.15, 0.2) is 5.71 Å². The maximum Gasteiger partial charge on any atom is 0.360 e. The van der Waals surface area contributed by atoms with Crippen LogP contribution in [0, 0.1) is 18.6 Å². The lowest BCUT2D eigenvalue weighted by atomic mass is 9.99. The summed E-state index contributed by atoms with van der Waals surface area (Å²) in [7, 11) is 2.56. The number of esters is 1. The van der Waals surface area contributed by atoms with Crippen molar-refractivity contribution in [3.05, 3.63) is 70.3 Å². The van der Waals surface area contributed by atoms with E-state index in [1.54, 1.807) is 19.1 Å². The fourth-order valence-electron chi connectivity index (χ4n) is 2.53. The predicted octanol–water partition coefficient (Wildman–Crippen LogP) is 3.74. The molecule has 8 heteroatoms. The molecule has 28 heavy (non-hydrogen) atoms. The average molecular weight is 390 g/mol. The highest BCUT2D eigenvalue weighted by Gasteiger charge is 2.20. The summed E-state index contributed by atoms with van der Waals surface area (Å²) in [4.78, 5) is 22.1. The molecule has 2 aromatic rings. The molecule has 0 aliphatic carbocycles. The molecule has 0 aliphatic rings. The number of hydrogen-bond acceptors (Lipinski definition) is 6. The molecule has 0 heterocycles. The summed E-state index contributed by atoms with van der Waals surface area (Å²) >= 11 is 0. The Hall–Kier alpha value is -3.29. The number of rotatable bonds is 7. The SMILES string of the molecule is CO/N=C(/C(=O)OC)c1cccc(C)c1CO/N=C(\C)c1ccc(F)cc1F. The van der Waals surface area contributed by atoms with Gasteiger partial charge in [-0.2, -0.15) is 0 Å².